The third-order valence-corrected chi connectivity index (χ3v) is 3.67. The number of amides is 2. The van der Waals surface area contributed by atoms with Gasteiger partial charge in [0.1, 0.15) is 18.1 Å². The number of anilines is 1. The summed E-state index contributed by atoms with van der Waals surface area (Å²) in [4.78, 5) is 25.8. The van der Waals surface area contributed by atoms with Crippen LogP contribution in [0.15, 0.2) is 66.4 Å². The van der Waals surface area contributed by atoms with E-state index in [0.29, 0.717) is 11.4 Å². The Morgan fingerprint density at radius 2 is 1.84 bits per heavy atom. The molecular formula is C19H18N2O4. The molecule has 0 bridgehead atoms. The fraction of sp³-hybridized carbons (Fsp3) is 0.158. The van der Waals surface area contributed by atoms with Crippen LogP contribution in [0.4, 0.5) is 5.69 Å². The molecular weight excluding hydrogens is 320 g/mol. The van der Waals surface area contributed by atoms with E-state index in [2.05, 4.69) is 5.32 Å². The Kier molecular flexibility index (Phi) is 5.11. The van der Waals surface area contributed by atoms with Gasteiger partial charge in [-0.1, -0.05) is 36.4 Å². The standard InChI is InChI=1S/C19H18N2O4/c22-9-10-25-16-8-4-7-15(11-16)20-17-12-18(23)21(19(17)24)13-14-5-2-1-3-6-14/h1-8,11-12,20,22H,9-10,13H2. The number of imide groups is 1. The van der Waals surface area contributed by atoms with Crippen molar-refractivity contribution in [2.24, 2.45) is 0 Å². The topological polar surface area (TPSA) is 78.9 Å². The fourth-order valence-electron chi connectivity index (χ4n) is 2.50. The lowest BCUT2D eigenvalue weighted by Gasteiger charge is -2.15. The molecule has 1 aliphatic heterocycles. The second-order valence-corrected chi connectivity index (χ2v) is 5.50. The highest BCUT2D eigenvalue weighted by molar-refractivity contribution is 6.17. The first-order valence-corrected chi connectivity index (χ1v) is 7.89. The second-order valence-electron chi connectivity index (χ2n) is 5.50. The van der Waals surface area contributed by atoms with E-state index in [1.807, 2.05) is 30.3 Å². The van der Waals surface area contributed by atoms with Crippen molar-refractivity contribution in [1.82, 2.24) is 4.90 Å². The van der Waals surface area contributed by atoms with Crippen LogP contribution in [0.2, 0.25) is 0 Å². The third kappa shape index (κ3) is 4.05. The lowest BCUT2D eigenvalue weighted by Crippen LogP contribution is -2.31. The molecule has 0 saturated heterocycles. The summed E-state index contributed by atoms with van der Waals surface area (Å²) < 4.78 is 5.34. The lowest BCUT2D eigenvalue weighted by molar-refractivity contribution is -0.137. The highest BCUT2D eigenvalue weighted by atomic mass is 16.5. The highest BCUT2D eigenvalue weighted by Gasteiger charge is 2.31. The van der Waals surface area contributed by atoms with Gasteiger partial charge in [0.25, 0.3) is 11.8 Å². The molecule has 0 unspecified atom stereocenters. The number of aliphatic hydroxyl groups is 1. The van der Waals surface area contributed by atoms with Gasteiger partial charge in [-0.3, -0.25) is 14.5 Å². The molecule has 128 valence electrons. The molecule has 2 amide bonds. The van der Waals surface area contributed by atoms with Crippen molar-refractivity contribution in [1.29, 1.82) is 0 Å². The van der Waals surface area contributed by atoms with Gasteiger partial charge in [0.2, 0.25) is 0 Å². The zero-order valence-electron chi connectivity index (χ0n) is 13.5. The van der Waals surface area contributed by atoms with E-state index in [1.165, 1.54) is 11.0 Å². The van der Waals surface area contributed by atoms with Gasteiger partial charge < -0.3 is 15.2 Å². The van der Waals surface area contributed by atoms with Crippen LogP contribution in [0.3, 0.4) is 0 Å². The zero-order valence-corrected chi connectivity index (χ0v) is 13.5. The normalized spacial score (nSPS) is 13.8. The minimum atomic E-state index is -0.365. The van der Waals surface area contributed by atoms with Gasteiger partial charge in [0.05, 0.1) is 13.2 Å². The maximum atomic E-state index is 12.5. The molecule has 6 heteroatoms. The zero-order chi connectivity index (χ0) is 17.6. The summed E-state index contributed by atoms with van der Waals surface area (Å²) in [5.41, 5.74) is 1.74. The van der Waals surface area contributed by atoms with Crippen molar-refractivity contribution in [3.8, 4) is 5.75 Å². The Morgan fingerprint density at radius 1 is 1.04 bits per heavy atom. The van der Waals surface area contributed by atoms with Gasteiger partial charge in [-0.2, -0.15) is 0 Å². The average Bonchev–Trinajstić information content (AvgIpc) is 2.89. The van der Waals surface area contributed by atoms with Crippen LogP contribution in [-0.2, 0) is 16.1 Å². The number of nitrogens with one attached hydrogen (secondary N) is 1. The third-order valence-electron chi connectivity index (χ3n) is 3.67. The number of nitrogens with zero attached hydrogens (tertiary/aromatic N) is 1. The maximum absolute atomic E-state index is 12.5. The van der Waals surface area contributed by atoms with Gasteiger partial charge >= 0.3 is 0 Å². The lowest BCUT2D eigenvalue weighted by atomic mass is 10.2. The first-order chi connectivity index (χ1) is 12.2. The Bertz CT molecular complexity index is 802. The van der Waals surface area contributed by atoms with Crippen LogP contribution in [0.1, 0.15) is 5.56 Å². The molecule has 1 heterocycles. The van der Waals surface area contributed by atoms with Gasteiger partial charge in [-0.25, -0.2) is 0 Å². The maximum Gasteiger partial charge on any atom is 0.277 e. The van der Waals surface area contributed by atoms with Crippen LogP contribution in [-0.4, -0.2) is 35.0 Å². The minimum Gasteiger partial charge on any atom is -0.491 e. The molecule has 2 aromatic rings. The van der Waals surface area contributed by atoms with E-state index in [4.69, 9.17) is 9.84 Å². The Morgan fingerprint density at radius 3 is 2.60 bits per heavy atom. The molecule has 6 nitrogen and oxygen atoms in total. The summed E-state index contributed by atoms with van der Waals surface area (Å²) in [6, 6.07) is 16.3. The molecule has 0 saturated carbocycles. The molecule has 0 aliphatic carbocycles. The molecule has 0 atom stereocenters. The number of ether oxygens (including phenoxy) is 1. The van der Waals surface area contributed by atoms with Gasteiger partial charge in [0.15, 0.2) is 0 Å². The van der Waals surface area contributed by atoms with Crippen molar-refractivity contribution in [2.45, 2.75) is 6.54 Å². The number of hydrogen-bond donors (Lipinski definition) is 2. The number of carbonyl (C=O) groups excluding carboxylic acids is 2. The number of aliphatic hydroxyl groups excluding tert-OH is 1. The predicted octanol–water partition coefficient (Wildman–Crippen LogP) is 1.92. The summed E-state index contributed by atoms with van der Waals surface area (Å²) >= 11 is 0. The van der Waals surface area contributed by atoms with E-state index < -0.39 is 0 Å². The smallest absolute Gasteiger partial charge is 0.277 e. The molecule has 0 aromatic heterocycles. The van der Waals surface area contributed by atoms with Crippen molar-refractivity contribution in [3.63, 3.8) is 0 Å². The number of carbonyl (C=O) groups is 2. The van der Waals surface area contributed by atoms with Crippen molar-refractivity contribution >= 4 is 17.5 Å². The molecule has 2 N–H and O–H groups in total. The van der Waals surface area contributed by atoms with Crippen molar-refractivity contribution in [3.05, 3.63) is 71.9 Å². The summed E-state index contributed by atoms with van der Waals surface area (Å²) in [6.45, 7) is 0.346. The van der Waals surface area contributed by atoms with Crippen LogP contribution in [0.5, 0.6) is 5.75 Å². The summed E-state index contributed by atoms with van der Waals surface area (Å²) in [5, 5.41) is 11.8. The number of rotatable bonds is 7. The summed E-state index contributed by atoms with van der Waals surface area (Å²) in [6.07, 6.45) is 1.30. The predicted molar refractivity (Wildman–Crippen MR) is 92.7 cm³/mol. The van der Waals surface area contributed by atoms with Crippen LogP contribution in [0.25, 0.3) is 0 Å². The van der Waals surface area contributed by atoms with E-state index in [-0.39, 0.29) is 37.3 Å². The number of benzene rings is 2. The van der Waals surface area contributed by atoms with Gasteiger partial charge in [-0.15, -0.1) is 0 Å². The van der Waals surface area contributed by atoms with Crippen LogP contribution < -0.4 is 10.1 Å². The molecule has 0 fully saturated rings. The van der Waals surface area contributed by atoms with Gasteiger partial charge in [0, 0.05) is 17.8 Å². The first-order valence-electron chi connectivity index (χ1n) is 7.89. The second kappa shape index (κ2) is 7.63. The van der Waals surface area contributed by atoms with E-state index in [0.717, 1.165) is 5.56 Å². The first kappa shape index (κ1) is 16.7. The fourth-order valence-corrected chi connectivity index (χ4v) is 2.50. The monoisotopic (exact) mass is 338 g/mol. The van der Waals surface area contributed by atoms with E-state index >= 15 is 0 Å². The SMILES string of the molecule is O=C1C=C(Nc2cccc(OCCO)c2)C(=O)N1Cc1ccccc1. The minimum absolute atomic E-state index is 0.0791. The Labute approximate surface area is 145 Å². The van der Waals surface area contributed by atoms with Gasteiger partial charge in [-0.05, 0) is 17.7 Å². The average molecular weight is 338 g/mol. The van der Waals surface area contributed by atoms with Crippen LogP contribution >= 0.6 is 0 Å². The summed E-state index contributed by atoms with van der Waals surface area (Å²) in [5.74, 6) is -0.142. The Balaban J connectivity index is 1.68. The van der Waals surface area contributed by atoms with Crippen molar-refractivity contribution < 1.29 is 19.4 Å². The quantitative estimate of drug-likeness (QED) is 0.754. The molecule has 0 spiro atoms. The number of hydrogen-bond acceptors (Lipinski definition) is 5. The highest BCUT2D eigenvalue weighted by Crippen LogP contribution is 2.22. The van der Waals surface area contributed by atoms with Crippen LogP contribution in [0, 0.1) is 0 Å². The molecule has 3 rings (SSSR count). The Hall–Kier alpha value is -3.12. The summed E-state index contributed by atoms with van der Waals surface area (Å²) in [7, 11) is 0. The van der Waals surface area contributed by atoms with Crippen molar-refractivity contribution in [2.75, 3.05) is 18.5 Å². The molecule has 2 aromatic carbocycles. The molecule has 0 radical (unpaired) electrons. The largest absolute Gasteiger partial charge is 0.491 e. The van der Waals surface area contributed by atoms with E-state index in [1.54, 1.807) is 24.3 Å². The molecule has 25 heavy (non-hydrogen) atoms. The van der Waals surface area contributed by atoms with E-state index in [9.17, 15) is 9.59 Å². The molecule has 1 aliphatic rings.